The number of hydrazine groups is 1. The Morgan fingerprint density at radius 3 is 2.47 bits per heavy atom. The van der Waals surface area contributed by atoms with Crippen molar-refractivity contribution in [3.8, 4) is 0 Å². The summed E-state index contributed by atoms with van der Waals surface area (Å²) in [4.78, 5) is 0. The van der Waals surface area contributed by atoms with Crippen LogP contribution < -0.4 is 11.3 Å². The Hall–Kier alpha value is -1.29. The maximum atomic E-state index is 5.84. The molecule has 0 saturated heterocycles. The van der Waals surface area contributed by atoms with E-state index in [1.165, 1.54) is 0 Å². The summed E-state index contributed by atoms with van der Waals surface area (Å²) in [5.74, 6) is 7.29. The maximum Gasteiger partial charge on any atom is 0.122 e. The Kier molecular flexibility index (Phi) is 3.84. The zero-order valence-electron chi connectivity index (χ0n) is 9.61. The fourth-order valence-corrected chi connectivity index (χ4v) is 1.86. The highest BCUT2D eigenvalue weighted by Gasteiger charge is 2.13. The molecule has 1 aromatic heterocycles. The summed E-state index contributed by atoms with van der Waals surface area (Å²) in [5, 5.41) is 0.736. The molecule has 2 rings (SSSR count). The van der Waals surface area contributed by atoms with Crippen LogP contribution in [0.3, 0.4) is 0 Å². The van der Waals surface area contributed by atoms with Crippen molar-refractivity contribution in [3.63, 3.8) is 0 Å². The van der Waals surface area contributed by atoms with E-state index in [1.807, 2.05) is 43.3 Å². The minimum Gasteiger partial charge on any atom is -0.465 e. The van der Waals surface area contributed by atoms with E-state index >= 15 is 0 Å². The summed E-state index contributed by atoms with van der Waals surface area (Å²) in [6.07, 6.45) is 0.765. The summed E-state index contributed by atoms with van der Waals surface area (Å²) >= 11 is 5.84. The average molecular weight is 251 g/mol. The third-order valence-corrected chi connectivity index (χ3v) is 2.91. The molecule has 1 aromatic carbocycles. The minimum atomic E-state index is -0.0233. The second-order valence-electron chi connectivity index (χ2n) is 4.00. The smallest absolute Gasteiger partial charge is 0.122 e. The van der Waals surface area contributed by atoms with Gasteiger partial charge in [-0.2, -0.15) is 0 Å². The van der Waals surface area contributed by atoms with Crippen molar-refractivity contribution in [2.45, 2.75) is 19.4 Å². The lowest BCUT2D eigenvalue weighted by molar-refractivity contribution is 0.403. The summed E-state index contributed by atoms with van der Waals surface area (Å²) in [7, 11) is 0. The Labute approximate surface area is 106 Å². The van der Waals surface area contributed by atoms with Gasteiger partial charge in [-0.25, -0.2) is 5.43 Å². The predicted molar refractivity (Wildman–Crippen MR) is 68.7 cm³/mol. The van der Waals surface area contributed by atoms with Crippen molar-refractivity contribution in [3.05, 3.63) is 58.5 Å². The van der Waals surface area contributed by atoms with Crippen LogP contribution in [0.1, 0.15) is 23.1 Å². The third kappa shape index (κ3) is 3.09. The van der Waals surface area contributed by atoms with E-state index < -0.39 is 0 Å². The Bertz CT molecular complexity index is 478. The molecule has 1 atom stereocenters. The van der Waals surface area contributed by atoms with Gasteiger partial charge < -0.3 is 4.42 Å². The third-order valence-electron chi connectivity index (χ3n) is 2.66. The fraction of sp³-hybridized carbons (Fsp3) is 0.231. The van der Waals surface area contributed by atoms with E-state index in [0.717, 1.165) is 28.5 Å². The van der Waals surface area contributed by atoms with Gasteiger partial charge in [0.2, 0.25) is 0 Å². The number of aryl methyl sites for hydroxylation is 1. The first-order valence-electron chi connectivity index (χ1n) is 5.46. The van der Waals surface area contributed by atoms with Gasteiger partial charge in [-0.1, -0.05) is 23.7 Å². The molecule has 0 aliphatic rings. The van der Waals surface area contributed by atoms with Crippen LogP contribution in [0, 0.1) is 6.92 Å². The molecule has 0 fully saturated rings. The van der Waals surface area contributed by atoms with Gasteiger partial charge in [-0.05, 0) is 43.2 Å². The summed E-state index contributed by atoms with van der Waals surface area (Å²) in [6, 6.07) is 11.6. The van der Waals surface area contributed by atoms with E-state index in [4.69, 9.17) is 21.9 Å². The molecule has 17 heavy (non-hydrogen) atoms. The molecule has 3 N–H and O–H groups in total. The molecule has 1 unspecified atom stereocenters. The lowest BCUT2D eigenvalue weighted by atomic mass is 10.0. The quantitative estimate of drug-likeness (QED) is 0.648. The molecule has 90 valence electrons. The monoisotopic (exact) mass is 250 g/mol. The maximum absolute atomic E-state index is 5.84. The summed E-state index contributed by atoms with van der Waals surface area (Å²) < 4.78 is 5.56. The number of hydrogen-bond acceptors (Lipinski definition) is 3. The highest BCUT2D eigenvalue weighted by Crippen LogP contribution is 2.20. The summed E-state index contributed by atoms with van der Waals surface area (Å²) in [6.45, 7) is 1.92. The molecule has 0 spiro atoms. The van der Waals surface area contributed by atoms with Crippen molar-refractivity contribution in [1.29, 1.82) is 0 Å². The van der Waals surface area contributed by atoms with E-state index in [9.17, 15) is 0 Å². The highest BCUT2D eigenvalue weighted by atomic mass is 35.5. The SMILES string of the molecule is Cc1ccc(C(Cc2ccc(Cl)cc2)NN)o1. The van der Waals surface area contributed by atoms with Gasteiger partial charge in [0, 0.05) is 5.02 Å². The largest absolute Gasteiger partial charge is 0.465 e. The molecule has 0 aliphatic carbocycles. The summed E-state index contributed by atoms with van der Waals surface area (Å²) in [5.41, 5.74) is 3.93. The van der Waals surface area contributed by atoms with E-state index in [-0.39, 0.29) is 6.04 Å². The van der Waals surface area contributed by atoms with Crippen LogP contribution in [0.5, 0.6) is 0 Å². The molecule has 0 radical (unpaired) electrons. The first-order chi connectivity index (χ1) is 8.19. The van der Waals surface area contributed by atoms with Crippen LogP contribution in [-0.4, -0.2) is 0 Å². The molecule has 0 amide bonds. The lowest BCUT2D eigenvalue weighted by Gasteiger charge is -2.13. The molecular formula is C13H15ClN2O. The number of nitrogens with one attached hydrogen (secondary N) is 1. The Balaban J connectivity index is 2.12. The number of furan rings is 1. The molecule has 2 aromatic rings. The number of benzene rings is 1. The van der Waals surface area contributed by atoms with E-state index in [2.05, 4.69) is 5.43 Å². The Morgan fingerprint density at radius 2 is 1.94 bits per heavy atom. The second kappa shape index (κ2) is 5.36. The van der Waals surface area contributed by atoms with Crippen LogP contribution in [0.4, 0.5) is 0 Å². The first-order valence-corrected chi connectivity index (χ1v) is 5.84. The number of rotatable bonds is 4. The highest BCUT2D eigenvalue weighted by molar-refractivity contribution is 6.30. The van der Waals surface area contributed by atoms with Gasteiger partial charge in [-0.15, -0.1) is 0 Å². The lowest BCUT2D eigenvalue weighted by Crippen LogP contribution is -2.29. The van der Waals surface area contributed by atoms with Gasteiger partial charge >= 0.3 is 0 Å². The predicted octanol–water partition coefficient (Wildman–Crippen LogP) is 2.99. The van der Waals surface area contributed by atoms with Gasteiger partial charge in [0.25, 0.3) is 0 Å². The number of nitrogens with two attached hydrogens (primary N) is 1. The standard InChI is InChI=1S/C13H15ClN2O/c1-9-2-7-13(17-9)12(16-15)8-10-3-5-11(14)6-4-10/h2-7,12,16H,8,15H2,1H3. The minimum absolute atomic E-state index is 0.0233. The molecule has 0 bridgehead atoms. The molecule has 0 saturated carbocycles. The first kappa shape index (κ1) is 12.2. The number of hydrogen-bond donors (Lipinski definition) is 2. The van der Waals surface area contributed by atoms with Crippen molar-refractivity contribution >= 4 is 11.6 Å². The van der Waals surface area contributed by atoms with Crippen molar-refractivity contribution < 1.29 is 4.42 Å². The van der Waals surface area contributed by atoms with Crippen LogP contribution in [0.2, 0.25) is 5.02 Å². The van der Waals surface area contributed by atoms with Gasteiger partial charge in [0.15, 0.2) is 0 Å². The van der Waals surface area contributed by atoms with Crippen molar-refractivity contribution in [1.82, 2.24) is 5.43 Å². The van der Waals surface area contributed by atoms with Crippen LogP contribution in [0.15, 0.2) is 40.8 Å². The fourth-order valence-electron chi connectivity index (χ4n) is 1.74. The number of halogens is 1. The van der Waals surface area contributed by atoms with Crippen molar-refractivity contribution in [2.24, 2.45) is 5.84 Å². The second-order valence-corrected chi connectivity index (χ2v) is 4.43. The van der Waals surface area contributed by atoms with E-state index in [0.29, 0.717) is 0 Å². The molecule has 3 nitrogen and oxygen atoms in total. The molecule has 4 heteroatoms. The van der Waals surface area contributed by atoms with E-state index in [1.54, 1.807) is 0 Å². The zero-order chi connectivity index (χ0) is 12.3. The van der Waals surface area contributed by atoms with Gasteiger partial charge in [0.1, 0.15) is 11.5 Å². The van der Waals surface area contributed by atoms with Gasteiger partial charge in [0.05, 0.1) is 6.04 Å². The van der Waals surface area contributed by atoms with Crippen molar-refractivity contribution in [2.75, 3.05) is 0 Å². The zero-order valence-corrected chi connectivity index (χ0v) is 10.4. The van der Waals surface area contributed by atoms with Gasteiger partial charge in [-0.3, -0.25) is 5.84 Å². The van der Waals surface area contributed by atoms with Crippen LogP contribution in [0.25, 0.3) is 0 Å². The average Bonchev–Trinajstić information content (AvgIpc) is 2.75. The van der Waals surface area contributed by atoms with Crippen LogP contribution >= 0.6 is 11.6 Å². The normalized spacial score (nSPS) is 12.6. The Morgan fingerprint density at radius 1 is 1.24 bits per heavy atom. The van der Waals surface area contributed by atoms with Crippen LogP contribution in [-0.2, 0) is 6.42 Å². The molecular weight excluding hydrogens is 236 g/mol. The topological polar surface area (TPSA) is 51.2 Å². The molecule has 1 heterocycles. The molecule has 0 aliphatic heterocycles.